The lowest BCUT2D eigenvalue weighted by molar-refractivity contribution is -0.120. The Labute approximate surface area is 98.8 Å². The number of carbonyl (C=O) groups excluding carboxylic acids is 1. The van der Waals surface area contributed by atoms with Gasteiger partial charge < -0.3 is 15.5 Å². The second-order valence-electron chi connectivity index (χ2n) is 4.80. The number of rotatable bonds is 6. The van der Waals surface area contributed by atoms with Crippen LogP contribution in [0, 0.1) is 5.92 Å². The maximum atomic E-state index is 11.3. The summed E-state index contributed by atoms with van der Waals surface area (Å²) in [5.74, 6) is 0.631. The second kappa shape index (κ2) is 7.63. The number of nitrogens with one attached hydrogen (secondary N) is 2. The molecule has 1 heterocycles. The van der Waals surface area contributed by atoms with E-state index in [1.54, 1.807) is 7.05 Å². The highest BCUT2D eigenvalue weighted by Crippen LogP contribution is 2.10. The molecule has 0 radical (unpaired) electrons. The van der Waals surface area contributed by atoms with Crippen LogP contribution in [0.3, 0.4) is 0 Å². The minimum Gasteiger partial charge on any atom is -0.355 e. The Morgan fingerprint density at radius 1 is 1.31 bits per heavy atom. The Hall–Kier alpha value is -0.610. The average Bonchev–Trinajstić information content (AvgIpc) is 2.28. The van der Waals surface area contributed by atoms with Gasteiger partial charge in [-0.2, -0.15) is 0 Å². The molecule has 0 saturated carbocycles. The molecule has 1 atom stereocenters. The summed E-state index contributed by atoms with van der Waals surface area (Å²) in [6.45, 7) is 6.98. The van der Waals surface area contributed by atoms with E-state index in [2.05, 4.69) is 22.5 Å². The van der Waals surface area contributed by atoms with Crippen LogP contribution in [0.5, 0.6) is 0 Å². The summed E-state index contributed by atoms with van der Waals surface area (Å²) in [5.41, 5.74) is 0. The molecule has 94 valence electrons. The molecule has 1 rings (SSSR count). The molecule has 1 aliphatic heterocycles. The van der Waals surface area contributed by atoms with Gasteiger partial charge in [0.05, 0.1) is 6.54 Å². The van der Waals surface area contributed by atoms with E-state index < -0.39 is 0 Å². The van der Waals surface area contributed by atoms with E-state index >= 15 is 0 Å². The van der Waals surface area contributed by atoms with Gasteiger partial charge in [-0.15, -0.1) is 0 Å². The van der Waals surface area contributed by atoms with E-state index in [1.807, 2.05) is 0 Å². The predicted octanol–water partition coefficient (Wildman–Crippen LogP) is 0.444. The lowest BCUT2D eigenvalue weighted by Gasteiger charge is -2.29. The van der Waals surface area contributed by atoms with Crippen molar-refractivity contribution < 1.29 is 4.79 Å². The quantitative estimate of drug-likeness (QED) is 0.692. The molecule has 4 heteroatoms. The average molecular weight is 227 g/mol. The first-order valence-corrected chi connectivity index (χ1v) is 6.36. The first-order chi connectivity index (χ1) is 7.72. The Morgan fingerprint density at radius 3 is 2.62 bits per heavy atom. The van der Waals surface area contributed by atoms with E-state index in [4.69, 9.17) is 0 Å². The Balaban J connectivity index is 2.09. The zero-order valence-corrected chi connectivity index (χ0v) is 10.6. The molecule has 0 aromatic heterocycles. The van der Waals surface area contributed by atoms with Gasteiger partial charge in [0.1, 0.15) is 0 Å². The molecule has 1 unspecified atom stereocenters. The summed E-state index contributed by atoms with van der Waals surface area (Å²) in [6, 6.07) is 0. The number of likely N-dealkylation sites (N-methyl/N-ethyl adjacent to an activating group) is 1. The molecular weight excluding hydrogens is 202 g/mol. The molecular formula is C12H25N3O. The van der Waals surface area contributed by atoms with Gasteiger partial charge in [-0.25, -0.2) is 0 Å². The van der Waals surface area contributed by atoms with E-state index in [0.29, 0.717) is 12.5 Å². The number of carbonyl (C=O) groups is 1. The highest BCUT2D eigenvalue weighted by atomic mass is 16.1. The maximum Gasteiger partial charge on any atom is 0.233 e. The summed E-state index contributed by atoms with van der Waals surface area (Å²) in [5, 5.41) is 5.79. The van der Waals surface area contributed by atoms with Gasteiger partial charge in [-0.05, 0) is 38.9 Å². The van der Waals surface area contributed by atoms with Gasteiger partial charge in [0, 0.05) is 13.1 Å². The molecule has 1 saturated heterocycles. The van der Waals surface area contributed by atoms with Crippen molar-refractivity contribution in [2.75, 3.05) is 39.8 Å². The van der Waals surface area contributed by atoms with Crippen LogP contribution < -0.4 is 10.6 Å². The topological polar surface area (TPSA) is 44.4 Å². The van der Waals surface area contributed by atoms with Crippen molar-refractivity contribution in [1.29, 1.82) is 0 Å². The lowest BCUT2D eigenvalue weighted by atomic mass is 10.1. The summed E-state index contributed by atoms with van der Waals surface area (Å²) in [7, 11) is 1.79. The van der Waals surface area contributed by atoms with E-state index in [1.165, 1.54) is 32.4 Å². The minimum atomic E-state index is 0.0907. The van der Waals surface area contributed by atoms with Gasteiger partial charge >= 0.3 is 0 Å². The number of amides is 1. The van der Waals surface area contributed by atoms with Crippen molar-refractivity contribution in [3.05, 3.63) is 0 Å². The number of nitrogens with zero attached hydrogens (tertiary/aromatic N) is 1. The lowest BCUT2D eigenvalue weighted by Crippen LogP contribution is -2.39. The normalized spacial score (nSPS) is 19.4. The van der Waals surface area contributed by atoms with Crippen molar-refractivity contribution in [2.45, 2.75) is 26.2 Å². The minimum absolute atomic E-state index is 0.0907. The SMILES string of the molecule is CNCC(=O)NCC(C)CN1CCCCC1. The molecule has 0 bridgehead atoms. The first-order valence-electron chi connectivity index (χ1n) is 6.36. The van der Waals surface area contributed by atoms with Crippen LogP contribution in [0.1, 0.15) is 26.2 Å². The molecule has 2 N–H and O–H groups in total. The molecule has 1 fully saturated rings. The van der Waals surface area contributed by atoms with Crippen LogP contribution in [0.15, 0.2) is 0 Å². The predicted molar refractivity (Wildman–Crippen MR) is 66.4 cm³/mol. The van der Waals surface area contributed by atoms with Crippen molar-refractivity contribution >= 4 is 5.91 Å². The molecule has 16 heavy (non-hydrogen) atoms. The van der Waals surface area contributed by atoms with E-state index in [-0.39, 0.29) is 5.91 Å². The molecule has 1 amide bonds. The molecule has 0 aliphatic carbocycles. The van der Waals surface area contributed by atoms with Crippen LogP contribution >= 0.6 is 0 Å². The fraction of sp³-hybridized carbons (Fsp3) is 0.917. The van der Waals surface area contributed by atoms with Gasteiger partial charge in [0.15, 0.2) is 0 Å². The van der Waals surface area contributed by atoms with Crippen LogP contribution in [-0.2, 0) is 4.79 Å². The smallest absolute Gasteiger partial charge is 0.233 e. The third kappa shape index (κ3) is 5.47. The summed E-state index contributed by atoms with van der Waals surface area (Å²) in [6.07, 6.45) is 4.04. The molecule has 4 nitrogen and oxygen atoms in total. The molecule has 0 aromatic carbocycles. The van der Waals surface area contributed by atoms with Gasteiger partial charge in [-0.1, -0.05) is 13.3 Å². The Morgan fingerprint density at radius 2 is 2.00 bits per heavy atom. The number of hydrogen-bond donors (Lipinski definition) is 2. The summed E-state index contributed by atoms with van der Waals surface area (Å²) < 4.78 is 0. The Kier molecular flexibility index (Phi) is 6.42. The van der Waals surface area contributed by atoms with E-state index in [9.17, 15) is 4.79 Å². The largest absolute Gasteiger partial charge is 0.355 e. The highest BCUT2D eigenvalue weighted by molar-refractivity contribution is 5.77. The molecule has 0 aromatic rings. The first kappa shape index (κ1) is 13.5. The van der Waals surface area contributed by atoms with Gasteiger partial charge in [0.2, 0.25) is 5.91 Å². The summed E-state index contributed by atoms with van der Waals surface area (Å²) >= 11 is 0. The van der Waals surface area contributed by atoms with E-state index in [0.717, 1.165) is 13.1 Å². The van der Waals surface area contributed by atoms with Crippen molar-refractivity contribution in [1.82, 2.24) is 15.5 Å². The fourth-order valence-corrected chi connectivity index (χ4v) is 2.16. The Bertz CT molecular complexity index is 202. The van der Waals surface area contributed by atoms with Crippen LogP contribution in [0.2, 0.25) is 0 Å². The maximum absolute atomic E-state index is 11.3. The third-order valence-corrected chi connectivity index (χ3v) is 3.00. The zero-order valence-electron chi connectivity index (χ0n) is 10.6. The monoisotopic (exact) mass is 227 g/mol. The zero-order chi connectivity index (χ0) is 11.8. The van der Waals surface area contributed by atoms with Crippen molar-refractivity contribution in [3.8, 4) is 0 Å². The van der Waals surface area contributed by atoms with Crippen LogP contribution in [-0.4, -0.2) is 50.6 Å². The second-order valence-corrected chi connectivity index (χ2v) is 4.80. The van der Waals surface area contributed by atoms with Crippen molar-refractivity contribution in [3.63, 3.8) is 0 Å². The van der Waals surface area contributed by atoms with Gasteiger partial charge in [-0.3, -0.25) is 4.79 Å². The standard InChI is InChI=1S/C12H25N3O/c1-11(8-14-12(16)9-13-2)10-15-6-4-3-5-7-15/h11,13H,3-10H2,1-2H3,(H,14,16). The number of piperidine rings is 1. The van der Waals surface area contributed by atoms with Crippen LogP contribution in [0.25, 0.3) is 0 Å². The number of hydrogen-bond acceptors (Lipinski definition) is 3. The van der Waals surface area contributed by atoms with Crippen LogP contribution in [0.4, 0.5) is 0 Å². The molecule has 1 aliphatic rings. The van der Waals surface area contributed by atoms with Crippen molar-refractivity contribution in [2.24, 2.45) is 5.92 Å². The van der Waals surface area contributed by atoms with Gasteiger partial charge in [0.25, 0.3) is 0 Å². The fourth-order valence-electron chi connectivity index (χ4n) is 2.16. The highest BCUT2D eigenvalue weighted by Gasteiger charge is 2.13. The number of likely N-dealkylation sites (tertiary alicyclic amines) is 1. The third-order valence-electron chi connectivity index (χ3n) is 3.00. The summed E-state index contributed by atoms with van der Waals surface area (Å²) in [4.78, 5) is 13.8. The molecule has 0 spiro atoms.